The van der Waals surface area contributed by atoms with Crippen LogP contribution in [0.5, 0.6) is 0 Å². The molecule has 0 fully saturated rings. The smallest absolute Gasteiger partial charge is 0.287 e. The van der Waals surface area contributed by atoms with Crippen molar-refractivity contribution in [1.29, 1.82) is 5.26 Å². The van der Waals surface area contributed by atoms with E-state index in [1.54, 1.807) is 6.07 Å². The second-order valence-corrected chi connectivity index (χ2v) is 2.58. The molecule has 0 aliphatic carbocycles. The Bertz CT molecular complexity index is 368. The topological polar surface area (TPSA) is 100 Å². The third-order valence-corrected chi connectivity index (χ3v) is 1.61. The van der Waals surface area contributed by atoms with E-state index in [4.69, 9.17) is 5.26 Å². The molecule has 1 rings (SSSR count). The summed E-state index contributed by atoms with van der Waals surface area (Å²) in [5.41, 5.74) is 0.120. The lowest BCUT2D eigenvalue weighted by atomic mass is 10.2. The van der Waals surface area contributed by atoms with Crippen molar-refractivity contribution in [2.75, 3.05) is 0 Å². The molecule has 0 amide bonds. The van der Waals surface area contributed by atoms with Crippen LogP contribution in [-0.4, -0.2) is 15.0 Å². The SMILES string of the molecule is N#CCC(O)c1ccc([N+](=O)[O-])cn1. The normalized spacial score (nSPS) is 11.7. The van der Waals surface area contributed by atoms with Gasteiger partial charge in [-0.05, 0) is 6.07 Å². The maximum absolute atomic E-state index is 10.3. The van der Waals surface area contributed by atoms with Crippen LogP contribution in [0.25, 0.3) is 0 Å². The van der Waals surface area contributed by atoms with E-state index in [0.29, 0.717) is 0 Å². The standard InChI is InChI=1S/C8H7N3O3/c9-4-3-8(12)7-2-1-6(5-10-7)11(13)14/h1-2,5,8,12H,3H2. The predicted octanol–water partition coefficient (Wildman–Crippen LogP) is 0.937. The minimum absolute atomic E-state index is 0.0786. The molecule has 0 bridgehead atoms. The Hall–Kier alpha value is -2.00. The molecule has 0 saturated heterocycles. The number of nitriles is 1. The van der Waals surface area contributed by atoms with Crippen LogP contribution in [0.15, 0.2) is 18.3 Å². The summed E-state index contributed by atoms with van der Waals surface area (Å²) in [7, 11) is 0. The van der Waals surface area contributed by atoms with Gasteiger partial charge in [-0.15, -0.1) is 0 Å². The van der Waals surface area contributed by atoms with Crippen molar-refractivity contribution >= 4 is 5.69 Å². The quantitative estimate of drug-likeness (QED) is 0.568. The van der Waals surface area contributed by atoms with Crippen LogP contribution in [0.4, 0.5) is 5.69 Å². The van der Waals surface area contributed by atoms with E-state index < -0.39 is 11.0 Å². The first-order chi connectivity index (χ1) is 6.65. The molecule has 1 aromatic heterocycles. The fourth-order valence-electron chi connectivity index (χ4n) is 0.894. The Morgan fingerprint density at radius 1 is 1.71 bits per heavy atom. The van der Waals surface area contributed by atoms with Crippen LogP contribution in [0.3, 0.4) is 0 Å². The van der Waals surface area contributed by atoms with E-state index >= 15 is 0 Å². The minimum atomic E-state index is -0.985. The zero-order valence-electron chi connectivity index (χ0n) is 7.12. The first kappa shape index (κ1) is 10.1. The summed E-state index contributed by atoms with van der Waals surface area (Å²) in [5.74, 6) is 0. The lowest BCUT2D eigenvalue weighted by Crippen LogP contribution is -1.99. The van der Waals surface area contributed by atoms with Crippen LogP contribution >= 0.6 is 0 Å². The lowest BCUT2D eigenvalue weighted by molar-refractivity contribution is -0.385. The summed E-state index contributed by atoms with van der Waals surface area (Å²) < 4.78 is 0. The monoisotopic (exact) mass is 193 g/mol. The van der Waals surface area contributed by atoms with Crippen LogP contribution in [0.2, 0.25) is 0 Å². The van der Waals surface area contributed by atoms with Crippen molar-refractivity contribution in [1.82, 2.24) is 4.98 Å². The molecule has 6 heteroatoms. The predicted molar refractivity (Wildman–Crippen MR) is 46.1 cm³/mol. The van der Waals surface area contributed by atoms with Crippen LogP contribution in [0.1, 0.15) is 18.2 Å². The van der Waals surface area contributed by atoms with E-state index in [9.17, 15) is 15.2 Å². The number of aliphatic hydroxyl groups excluding tert-OH is 1. The third-order valence-electron chi connectivity index (χ3n) is 1.61. The Balaban J connectivity index is 2.84. The van der Waals surface area contributed by atoms with E-state index in [-0.39, 0.29) is 17.8 Å². The molecule has 1 heterocycles. The van der Waals surface area contributed by atoms with E-state index in [0.717, 1.165) is 6.20 Å². The molecule has 0 aliphatic rings. The van der Waals surface area contributed by atoms with Crippen molar-refractivity contribution < 1.29 is 10.0 Å². The van der Waals surface area contributed by atoms with Crippen molar-refractivity contribution in [3.8, 4) is 6.07 Å². The number of aromatic nitrogens is 1. The molecule has 1 N–H and O–H groups in total. The fraction of sp³-hybridized carbons (Fsp3) is 0.250. The largest absolute Gasteiger partial charge is 0.386 e. The van der Waals surface area contributed by atoms with Gasteiger partial charge in [-0.3, -0.25) is 15.1 Å². The van der Waals surface area contributed by atoms with Gasteiger partial charge in [0.05, 0.1) is 23.1 Å². The number of hydrogen-bond donors (Lipinski definition) is 1. The lowest BCUT2D eigenvalue weighted by Gasteiger charge is -2.03. The van der Waals surface area contributed by atoms with Crippen LogP contribution in [-0.2, 0) is 0 Å². The number of pyridine rings is 1. The van der Waals surface area contributed by atoms with Crippen molar-refractivity contribution in [3.05, 3.63) is 34.1 Å². The second-order valence-electron chi connectivity index (χ2n) is 2.58. The fourth-order valence-corrected chi connectivity index (χ4v) is 0.894. The van der Waals surface area contributed by atoms with Gasteiger partial charge in [0.25, 0.3) is 5.69 Å². The maximum Gasteiger partial charge on any atom is 0.287 e. The van der Waals surface area contributed by atoms with Crippen molar-refractivity contribution in [3.63, 3.8) is 0 Å². The average Bonchev–Trinajstić information content (AvgIpc) is 2.18. The van der Waals surface area contributed by atoms with Crippen molar-refractivity contribution in [2.24, 2.45) is 0 Å². The first-order valence-electron chi connectivity index (χ1n) is 3.80. The Kier molecular flexibility index (Phi) is 3.09. The number of hydrogen-bond acceptors (Lipinski definition) is 5. The van der Waals surface area contributed by atoms with Crippen molar-refractivity contribution in [2.45, 2.75) is 12.5 Å². The molecule has 14 heavy (non-hydrogen) atoms. The molecular weight excluding hydrogens is 186 g/mol. The summed E-state index contributed by atoms with van der Waals surface area (Å²) >= 11 is 0. The summed E-state index contributed by atoms with van der Waals surface area (Å²) in [6.45, 7) is 0. The van der Waals surface area contributed by atoms with E-state index in [1.807, 2.05) is 0 Å². The number of aliphatic hydroxyl groups is 1. The molecule has 0 spiro atoms. The van der Waals surface area contributed by atoms with E-state index in [1.165, 1.54) is 12.1 Å². The Morgan fingerprint density at radius 2 is 2.43 bits per heavy atom. The van der Waals surface area contributed by atoms with Gasteiger partial charge in [-0.1, -0.05) is 0 Å². The highest BCUT2D eigenvalue weighted by molar-refractivity contribution is 5.27. The third kappa shape index (κ3) is 2.24. The van der Waals surface area contributed by atoms with Gasteiger partial charge < -0.3 is 5.11 Å². The molecule has 0 aliphatic heterocycles. The van der Waals surface area contributed by atoms with Gasteiger partial charge in [-0.25, -0.2) is 0 Å². The summed E-state index contributed by atoms with van der Waals surface area (Å²) in [4.78, 5) is 13.4. The highest BCUT2D eigenvalue weighted by atomic mass is 16.6. The summed E-state index contributed by atoms with van der Waals surface area (Å²) in [5, 5.41) is 27.8. The van der Waals surface area contributed by atoms with Gasteiger partial charge >= 0.3 is 0 Å². The summed E-state index contributed by atoms with van der Waals surface area (Å²) in [6, 6.07) is 4.35. The summed E-state index contributed by atoms with van der Waals surface area (Å²) in [6.07, 6.45) is -0.0124. The molecule has 0 saturated carbocycles. The van der Waals surface area contributed by atoms with E-state index in [2.05, 4.69) is 4.98 Å². The highest BCUT2D eigenvalue weighted by Gasteiger charge is 2.11. The second kappa shape index (κ2) is 4.30. The zero-order valence-corrected chi connectivity index (χ0v) is 7.12. The molecule has 0 radical (unpaired) electrons. The molecular formula is C8H7N3O3. The molecule has 1 unspecified atom stereocenters. The highest BCUT2D eigenvalue weighted by Crippen LogP contribution is 2.16. The molecule has 1 atom stereocenters. The Labute approximate surface area is 79.6 Å². The minimum Gasteiger partial charge on any atom is -0.386 e. The van der Waals surface area contributed by atoms with Gasteiger partial charge in [0.1, 0.15) is 12.3 Å². The molecule has 1 aromatic rings. The Morgan fingerprint density at radius 3 is 2.86 bits per heavy atom. The number of nitrogens with zero attached hydrogens (tertiary/aromatic N) is 3. The van der Waals surface area contributed by atoms with Gasteiger partial charge in [0, 0.05) is 6.07 Å². The maximum atomic E-state index is 10.3. The number of rotatable bonds is 3. The van der Waals surface area contributed by atoms with Crippen LogP contribution in [0, 0.1) is 21.4 Å². The molecule has 0 aromatic carbocycles. The molecule has 72 valence electrons. The van der Waals surface area contributed by atoms with Gasteiger partial charge in [0.2, 0.25) is 0 Å². The molecule has 6 nitrogen and oxygen atoms in total. The average molecular weight is 193 g/mol. The van der Waals surface area contributed by atoms with Crippen LogP contribution < -0.4 is 0 Å². The zero-order chi connectivity index (χ0) is 10.6. The first-order valence-corrected chi connectivity index (χ1v) is 3.80. The number of nitro groups is 1. The van der Waals surface area contributed by atoms with Gasteiger partial charge in [0.15, 0.2) is 0 Å². The van der Waals surface area contributed by atoms with Gasteiger partial charge in [-0.2, -0.15) is 5.26 Å².